The average Bonchev–Trinajstić information content (AvgIpc) is 2.50. The van der Waals surface area contributed by atoms with E-state index in [1.54, 1.807) is 0 Å². The molecule has 0 unspecified atom stereocenters. The molecule has 3 heteroatoms. The molecule has 66 valence electrons. The van der Waals surface area contributed by atoms with Crippen molar-refractivity contribution in [2.45, 2.75) is 6.42 Å². The van der Waals surface area contributed by atoms with E-state index < -0.39 is 0 Å². The number of benzene rings is 1. The van der Waals surface area contributed by atoms with Gasteiger partial charge in [-0.05, 0) is 21.5 Å². The molecule has 0 saturated carbocycles. The number of aromatic amines is 1. The van der Waals surface area contributed by atoms with Crippen LogP contribution < -0.4 is 0 Å². The third-order valence-electron chi connectivity index (χ3n) is 2.05. The highest BCUT2D eigenvalue weighted by molar-refractivity contribution is 9.10. The van der Waals surface area contributed by atoms with E-state index in [1.165, 1.54) is 0 Å². The van der Waals surface area contributed by atoms with Gasteiger partial charge in [0.1, 0.15) is 6.29 Å². The maximum absolute atomic E-state index is 10.4. The smallest absolute Gasteiger partial charge is 0.124 e. The summed E-state index contributed by atoms with van der Waals surface area (Å²) in [6.07, 6.45) is 3.27. The van der Waals surface area contributed by atoms with Gasteiger partial charge in [-0.15, -0.1) is 0 Å². The molecule has 1 aromatic heterocycles. The van der Waals surface area contributed by atoms with Crippen LogP contribution in [0.3, 0.4) is 0 Å². The Balaban J connectivity index is 2.69. The lowest BCUT2D eigenvalue weighted by Crippen LogP contribution is -1.86. The van der Waals surface area contributed by atoms with E-state index in [-0.39, 0.29) is 0 Å². The predicted octanol–water partition coefficient (Wildman–Crippen LogP) is 2.67. The number of halogens is 1. The fourth-order valence-corrected chi connectivity index (χ4v) is 1.89. The number of aldehydes is 1. The molecule has 0 atom stereocenters. The van der Waals surface area contributed by atoms with Crippen molar-refractivity contribution in [3.05, 3.63) is 34.4 Å². The molecular weight excluding hydrogens is 230 g/mol. The highest BCUT2D eigenvalue weighted by Crippen LogP contribution is 2.25. The SMILES string of the molecule is O=CCc1cccc2c(Br)c[nH]c12. The number of carbonyl (C=O) groups is 1. The van der Waals surface area contributed by atoms with Gasteiger partial charge in [-0.1, -0.05) is 18.2 Å². The summed E-state index contributed by atoms with van der Waals surface area (Å²) in [5.41, 5.74) is 2.08. The molecular formula is C10H8BrNO. The van der Waals surface area contributed by atoms with Crippen molar-refractivity contribution in [3.63, 3.8) is 0 Å². The van der Waals surface area contributed by atoms with Gasteiger partial charge in [-0.3, -0.25) is 0 Å². The zero-order valence-electron chi connectivity index (χ0n) is 6.88. The normalized spacial score (nSPS) is 10.5. The van der Waals surface area contributed by atoms with E-state index in [2.05, 4.69) is 20.9 Å². The topological polar surface area (TPSA) is 32.9 Å². The van der Waals surface area contributed by atoms with Crippen molar-refractivity contribution in [2.24, 2.45) is 0 Å². The first-order valence-electron chi connectivity index (χ1n) is 4.01. The Morgan fingerprint density at radius 2 is 2.31 bits per heavy atom. The Morgan fingerprint density at radius 1 is 1.46 bits per heavy atom. The molecule has 0 aliphatic heterocycles. The van der Waals surface area contributed by atoms with Gasteiger partial charge in [0, 0.05) is 22.5 Å². The van der Waals surface area contributed by atoms with Gasteiger partial charge < -0.3 is 9.78 Å². The highest BCUT2D eigenvalue weighted by atomic mass is 79.9. The van der Waals surface area contributed by atoms with E-state index in [9.17, 15) is 4.79 Å². The van der Waals surface area contributed by atoms with Crippen LogP contribution in [0.1, 0.15) is 5.56 Å². The second kappa shape index (κ2) is 3.34. The minimum absolute atomic E-state index is 0.463. The van der Waals surface area contributed by atoms with Gasteiger partial charge in [0.25, 0.3) is 0 Å². The molecule has 1 heterocycles. The summed E-state index contributed by atoms with van der Waals surface area (Å²) in [7, 11) is 0. The molecule has 0 spiro atoms. The first kappa shape index (κ1) is 8.51. The molecule has 2 nitrogen and oxygen atoms in total. The lowest BCUT2D eigenvalue weighted by Gasteiger charge is -1.97. The monoisotopic (exact) mass is 237 g/mol. The summed E-state index contributed by atoms with van der Waals surface area (Å²) < 4.78 is 1.04. The van der Waals surface area contributed by atoms with Gasteiger partial charge in [0.05, 0.1) is 5.52 Å². The van der Waals surface area contributed by atoms with Crippen LogP contribution in [0, 0.1) is 0 Å². The first-order chi connectivity index (χ1) is 6.33. The maximum Gasteiger partial charge on any atom is 0.124 e. The van der Waals surface area contributed by atoms with Crippen molar-refractivity contribution < 1.29 is 4.79 Å². The van der Waals surface area contributed by atoms with E-state index in [4.69, 9.17) is 0 Å². The number of hydrogen-bond acceptors (Lipinski definition) is 1. The van der Waals surface area contributed by atoms with Crippen LogP contribution in [0.5, 0.6) is 0 Å². The average molecular weight is 238 g/mol. The van der Waals surface area contributed by atoms with Crippen molar-refractivity contribution >= 4 is 33.1 Å². The quantitative estimate of drug-likeness (QED) is 0.801. The summed E-state index contributed by atoms with van der Waals surface area (Å²) in [5, 5.41) is 1.12. The van der Waals surface area contributed by atoms with Gasteiger partial charge in [0.2, 0.25) is 0 Å². The van der Waals surface area contributed by atoms with Crippen LogP contribution in [0.4, 0.5) is 0 Å². The van der Waals surface area contributed by atoms with Gasteiger partial charge in [0.15, 0.2) is 0 Å². The number of nitrogens with one attached hydrogen (secondary N) is 1. The number of H-pyrrole nitrogens is 1. The molecule has 0 aliphatic carbocycles. The summed E-state index contributed by atoms with van der Waals surface area (Å²) in [5.74, 6) is 0. The van der Waals surface area contributed by atoms with Crippen LogP contribution >= 0.6 is 15.9 Å². The van der Waals surface area contributed by atoms with E-state index in [0.29, 0.717) is 6.42 Å². The van der Waals surface area contributed by atoms with Crippen LogP contribution in [0.25, 0.3) is 10.9 Å². The summed E-state index contributed by atoms with van der Waals surface area (Å²) in [4.78, 5) is 13.5. The Morgan fingerprint density at radius 3 is 3.08 bits per heavy atom. The maximum atomic E-state index is 10.4. The van der Waals surface area contributed by atoms with Gasteiger partial charge in [-0.25, -0.2) is 0 Å². The molecule has 0 aliphatic rings. The zero-order valence-corrected chi connectivity index (χ0v) is 8.47. The highest BCUT2D eigenvalue weighted by Gasteiger charge is 2.04. The fraction of sp³-hybridized carbons (Fsp3) is 0.100. The summed E-state index contributed by atoms with van der Waals surface area (Å²) >= 11 is 3.43. The Kier molecular flexibility index (Phi) is 2.19. The molecule has 1 aromatic carbocycles. The number of hydrogen-bond donors (Lipinski definition) is 1. The van der Waals surface area contributed by atoms with E-state index in [0.717, 1.165) is 27.2 Å². The molecule has 2 rings (SSSR count). The molecule has 2 aromatic rings. The van der Waals surface area contributed by atoms with E-state index >= 15 is 0 Å². The summed E-state index contributed by atoms with van der Waals surface area (Å²) in [6, 6.07) is 5.93. The molecule has 0 bridgehead atoms. The largest absolute Gasteiger partial charge is 0.360 e. The number of aromatic nitrogens is 1. The lowest BCUT2D eigenvalue weighted by atomic mass is 10.1. The van der Waals surface area contributed by atoms with Crippen molar-refractivity contribution in [2.75, 3.05) is 0 Å². The van der Waals surface area contributed by atoms with Crippen molar-refractivity contribution in [1.82, 2.24) is 4.98 Å². The number of carbonyl (C=O) groups excluding carboxylic acids is 1. The number of para-hydroxylation sites is 1. The third kappa shape index (κ3) is 1.40. The van der Waals surface area contributed by atoms with Crippen molar-refractivity contribution in [1.29, 1.82) is 0 Å². The predicted molar refractivity (Wildman–Crippen MR) is 55.8 cm³/mol. The second-order valence-corrected chi connectivity index (χ2v) is 3.70. The standard InChI is InChI=1S/C10H8BrNO/c11-9-6-12-10-7(4-5-13)2-1-3-8(9)10/h1-3,5-6,12H,4H2. The number of fused-ring (bicyclic) bond motifs is 1. The molecule has 0 saturated heterocycles. The Bertz CT molecular complexity index is 447. The minimum atomic E-state index is 0.463. The Hall–Kier alpha value is -1.09. The van der Waals surface area contributed by atoms with Gasteiger partial charge in [-0.2, -0.15) is 0 Å². The number of rotatable bonds is 2. The molecule has 1 N–H and O–H groups in total. The lowest BCUT2D eigenvalue weighted by molar-refractivity contribution is -0.107. The fourth-order valence-electron chi connectivity index (χ4n) is 1.44. The second-order valence-electron chi connectivity index (χ2n) is 2.85. The van der Waals surface area contributed by atoms with Crippen LogP contribution in [-0.2, 0) is 11.2 Å². The molecule has 0 radical (unpaired) electrons. The minimum Gasteiger partial charge on any atom is -0.360 e. The molecule has 0 amide bonds. The zero-order chi connectivity index (χ0) is 9.26. The Labute approximate surface area is 84.1 Å². The summed E-state index contributed by atoms with van der Waals surface area (Å²) in [6.45, 7) is 0. The van der Waals surface area contributed by atoms with Crippen LogP contribution in [0.15, 0.2) is 28.9 Å². The van der Waals surface area contributed by atoms with Crippen molar-refractivity contribution in [3.8, 4) is 0 Å². The van der Waals surface area contributed by atoms with E-state index in [1.807, 2.05) is 24.4 Å². The first-order valence-corrected chi connectivity index (χ1v) is 4.80. The van der Waals surface area contributed by atoms with Gasteiger partial charge >= 0.3 is 0 Å². The van der Waals surface area contributed by atoms with Crippen LogP contribution in [0.2, 0.25) is 0 Å². The third-order valence-corrected chi connectivity index (χ3v) is 2.71. The van der Waals surface area contributed by atoms with Crippen LogP contribution in [-0.4, -0.2) is 11.3 Å². The molecule has 13 heavy (non-hydrogen) atoms. The molecule has 0 fully saturated rings.